The molecule has 0 heterocycles. The van der Waals surface area contributed by atoms with Gasteiger partial charge in [0.2, 0.25) is 0 Å². The largest absolute Gasteiger partial charge is 0.421 e. The molecule has 0 aromatic heterocycles. The minimum atomic E-state index is 0.889. The summed E-state index contributed by atoms with van der Waals surface area (Å²) >= 11 is 1.41. The Kier molecular flexibility index (Phi) is 3.75. The maximum atomic E-state index is 5.68. The highest BCUT2D eigenvalue weighted by atomic mass is 32.2. The molecular weight excluding hydrogens is 228 g/mol. The van der Waals surface area contributed by atoms with E-state index >= 15 is 0 Å². The van der Waals surface area contributed by atoms with Crippen molar-refractivity contribution in [1.82, 2.24) is 0 Å². The van der Waals surface area contributed by atoms with E-state index in [-0.39, 0.29) is 0 Å². The van der Waals surface area contributed by atoms with Crippen LogP contribution in [-0.2, 0) is 0 Å². The van der Waals surface area contributed by atoms with Gasteiger partial charge in [0, 0.05) is 0 Å². The highest BCUT2D eigenvalue weighted by Gasteiger charge is 2.01. The summed E-state index contributed by atoms with van der Waals surface area (Å²) in [5.74, 6) is 0.889. The smallest absolute Gasteiger partial charge is 0.137 e. The SMILES string of the molecule is Cc1ccc(OSc2ccc(C)cc2C)cc1. The Morgan fingerprint density at radius 2 is 1.47 bits per heavy atom. The summed E-state index contributed by atoms with van der Waals surface area (Å²) in [5, 5.41) is 0. The normalized spacial score (nSPS) is 10.3. The predicted molar refractivity (Wildman–Crippen MR) is 73.6 cm³/mol. The van der Waals surface area contributed by atoms with Gasteiger partial charge in [-0.2, -0.15) is 0 Å². The molecule has 0 saturated heterocycles. The van der Waals surface area contributed by atoms with Gasteiger partial charge in [0.25, 0.3) is 0 Å². The number of hydrogen-bond donors (Lipinski definition) is 0. The molecule has 88 valence electrons. The Labute approximate surface area is 107 Å². The molecule has 17 heavy (non-hydrogen) atoms. The lowest BCUT2D eigenvalue weighted by Crippen LogP contribution is -1.86. The zero-order chi connectivity index (χ0) is 12.3. The quantitative estimate of drug-likeness (QED) is 0.724. The van der Waals surface area contributed by atoms with Gasteiger partial charge in [-0.15, -0.1) is 0 Å². The van der Waals surface area contributed by atoms with Gasteiger partial charge in [-0.1, -0.05) is 35.4 Å². The molecule has 0 unspecified atom stereocenters. The molecule has 0 fully saturated rings. The van der Waals surface area contributed by atoms with Crippen LogP contribution in [0.2, 0.25) is 0 Å². The Balaban J connectivity index is 2.04. The Morgan fingerprint density at radius 1 is 0.824 bits per heavy atom. The van der Waals surface area contributed by atoms with Crippen LogP contribution in [0.4, 0.5) is 0 Å². The third-order valence-corrected chi connectivity index (χ3v) is 3.49. The predicted octanol–water partition coefficient (Wildman–Crippen LogP) is 4.70. The van der Waals surface area contributed by atoms with Crippen LogP contribution in [0.15, 0.2) is 47.4 Å². The molecule has 0 atom stereocenters. The molecule has 0 saturated carbocycles. The standard InChI is InChI=1S/C15H16OS/c1-11-4-7-14(8-5-11)16-17-15-9-6-12(2)10-13(15)3/h4-10H,1-3H3. The number of rotatable bonds is 3. The van der Waals surface area contributed by atoms with Crippen LogP contribution in [0.1, 0.15) is 16.7 Å². The first-order chi connectivity index (χ1) is 8.15. The van der Waals surface area contributed by atoms with Crippen molar-refractivity contribution in [1.29, 1.82) is 0 Å². The monoisotopic (exact) mass is 244 g/mol. The van der Waals surface area contributed by atoms with Crippen molar-refractivity contribution in [2.24, 2.45) is 0 Å². The summed E-state index contributed by atoms with van der Waals surface area (Å²) in [4.78, 5) is 1.16. The summed E-state index contributed by atoms with van der Waals surface area (Å²) in [6.07, 6.45) is 0. The number of hydrogen-bond acceptors (Lipinski definition) is 2. The van der Waals surface area contributed by atoms with E-state index in [1.54, 1.807) is 0 Å². The lowest BCUT2D eigenvalue weighted by atomic mass is 10.2. The molecule has 0 N–H and O–H groups in total. The molecule has 0 spiro atoms. The van der Waals surface area contributed by atoms with Gasteiger partial charge in [0.15, 0.2) is 0 Å². The van der Waals surface area contributed by atoms with Gasteiger partial charge in [0.1, 0.15) is 5.75 Å². The topological polar surface area (TPSA) is 9.23 Å². The summed E-state index contributed by atoms with van der Waals surface area (Å²) in [6, 6.07) is 14.5. The lowest BCUT2D eigenvalue weighted by Gasteiger charge is -2.07. The van der Waals surface area contributed by atoms with Crippen LogP contribution in [0.25, 0.3) is 0 Å². The minimum Gasteiger partial charge on any atom is -0.421 e. The first-order valence-corrected chi connectivity index (χ1v) is 6.38. The minimum absolute atomic E-state index is 0.889. The first-order valence-electron chi connectivity index (χ1n) is 5.63. The lowest BCUT2D eigenvalue weighted by molar-refractivity contribution is 0.645. The van der Waals surface area contributed by atoms with E-state index in [0.717, 1.165) is 10.6 Å². The molecule has 2 aromatic rings. The van der Waals surface area contributed by atoms with Crippen molar-refractivity contribution in [2.75, 3.05) is 0 Å². The van der Waals surface area contributed by atoms with Crippen molar-refractivity contribution in [3.05, 3.63) is 59.2 Å². The summed E-state index contributed by atoms with van der Waals surface area (Å²) in [6.45, 7) is 6.27. The van der Waals surface area contributed by atoms with Gasteiger partial charge in [-0.25, -0.2) is 0 Å². The van der Waals surface area contributed by atoms with Crippen molar-refractivity contribution in [2.45, 2.75) is 25.7 Å². The zero-order valence-electron chi connectivity index (χ0n) is 10.4. The van der Waals surface area contributed by atoms with Crippen molar-refractivity contribution >= 4 is 12.0 Å². The molecule has 0 radical (unpaired) electrons. The van der Waals surface area contributed by atoms with Gasteiger partial charge < -0.3 is 4.18 Å². The fourth-order valence-electron chi connectivity index (χ4n) is 1.58. The van der Waals surface area contributed by atoms with E-state index in [9.17, 15) is 0 Å². The second kappa shape index (κ2) is 5.28. The summed E-state index contributed by atoms with van der Waals surface area (Å²) in [5.41, 5.74) is 3.78. The average Bonchev–Trinajstić information content (AvgIpc) is 2.30. The molecule has 1 nitrogen and oxygen atoms in total. The Morgan fingerprint density at radius 3 is 2.12 bits per heavy atom. The van der Waals surface area contributed by atoms with Gasteiger partial charge >= 0.3 is 0 Å². The molecule has 2 rings (SSSR count). The van der Waals surface area contributed by atoms with Gasteiger partial charge in [-0.3, -0.25) is 0 Å². The fraction of sp³-hybridized carbons (Fsp3) is 0.200. The second-order valence-electron chi connectivity index (χ2n) is 4.25. The Hall–Kier alpha value is -1.41. The summed E-state index contributed by atoms with van der Waals surface area (Å²) < 4.78 is 5.68. The third-order valence-electron chi connectivity index (χ3n) is 2.58. The first kappa shape index (κ1) is 12.1. The fourth-order valence-corrected chi connectivity index (χ4v) is 2.19. The molecule has 0 aliphatic heterocycles. The number of aryl methyl sites for hydroxylation is 3. The van der Waals surface area contributed by atoms with Crippen LogP contribution in [-0.4, -0.2) is 0 Å². The average molecular weight is 244 g/mol. The highest BCUT2D eigenvalue weighted by molar-refractivity contribution is 7.95. The van der Waals surface area contributed by atoms with E-state index in [4.69, 9.17) is 4.18 Å². The van der Waals surface area contributed by atoms with Crippen LogP contribution in [0.5, 0.6) is 5.75 Å². The van der Waals surface area contributed by atoms with E-state index in [2.05, 4.69) is 51.1 Å². The van der Waals surface area contributed by atoms with E-state index in [1.165, 1.54) is 28.7 Å². The molecular formula is C15H16OS. The van der Waals surface area contributed by atoms with Crippen LogP contribution >= 0.6 is 12.0 Å². The van der Waals surface area contributed by atoms with E-state index in [0.29, 0.717) is 0 Å². The zero-order valence-corrected chi connectivity index (χ0v) is 11.2. The van der Waals surface area contributed by atoms with Crippen LogP contribution in [0.3, 0.4) is 0 Å². The van der Waals surface area contributed by atoms with Crippen molar-refractivity contribution < 1.29 is 4.18 Å². The molecule has 2 aromatic carbocycles. The van der Waals surface area contributed by atoms with Crippen molar-refractivity contribution in [3.8, 4) is 5.75 Å². The maximum absolute atomic E-state index is 5.68. The molecule has 0 amide bonds. The maximum Gasteiger partial charge on any atom is 0.137 e. The van der Waals surface area contributed by atoms with Crippen molar-refractivity contribution in [3.63, 3.8) is 0 Å². The molecule has 0 bridgehead atoms. The van der Waals surface area contributed by atoms with Crippen LogP contribution in [0, 0.1) is 20.8 Å². The Bertz CT molecular complexity index is 503. The van der Waals surface area contributed by atoms with E-state index < -0.39 is 0 Å². The van der Waals surface area contributed by atoms with Gasteiger partial charge in [0.05, 0.1) is 16.9 Å². The number of benzene rings is 2. The highest BCUT2D eigenvalue weighted by Crippen LogP contribution is 2.26. The van der Waals surface area contributed by atoms with E-state index in [1.807, 2.05) is 12.1 Å². The second-order valence-corrected chi connectivity index (χ2v) is 5.02. The molecule has 2 heteroatoms. The third kappa shape index (κ3) is 3.27. The van der Waals surface area contributed by atoms with Gasteiger partial charge in [-0.05, 0) is 44.5 Å². The summed E-state index contributed by atoms with van der Waals surface area (Å²) in [7, 11) is 0. The molecule has 0 aliphatic rings. The van der Waals surface area contributed by atoms with Crippen LogP contribution < -0.4 is 4.18 Å². The molecule has 0 aliphatic carbocycles.